The molecule has 0 radical (unpaired) electrons. The Morgan fingerprint density at radius 1 is 1.19 bits per heavy atom. The third-order valence-corrected chi connectivity index (χ3v) is 4.68. The van der Waals surface area contributed by atoms with Gasteiger partial charge in [0.05, 0.1) is 10.2 Å². The topological polar surface area (TPSA) is 69.0 Å². The number of carbonyl (C=O) groups is 1. The van der Waals surface area contributed by atoms with E-state index in [-0.39, 0.29) is 12.6 Å². The molecule has 0 bridgehead atoms. The molecule has 130 valence electrons. The molecule has 1 amide bonds. The molecule has 6 nitrogen and oxygen atoms in total. The molecule has 26 heavy (non-hydrogen) atoms. The minimum Gasteiger partial charge on any atom is -0.471 e. The number of para-hydroxylation sites is 1. The summed E-state index contributed by atoms with van der Waals surface area (Å²) in [4.78, 5) is 16.8. The van der Waals surface area contributed by atoms with Gasteiger partial charge in [-0.15, -0.1) is 0 Å². The summed E-state index contributed by atoms with van der Waals surface area (Å²) < 4.78 is 8.23. The Kier molecular flexibility index (Phi) is 4.37. The number of anilines is 1. The van der Waals surface area contributed by atoms with Crippen molar-refractivity contribution in [2.45, 2.75) is 13.7 Å². The molecule has 1 N–H and O–H groups in total. The number of nitrogens with one attached hydrogen (secondary N) is 1. The third-order valence-electron chi connectivity index (χ3n) is 3.74. The second-order valence-corrected chi connectivity index (χ2v) is 6.80. The zero-order valence-electron chi connectivity index (χ0n) is 14.0. The van der Waals surface area contributed by atoms with Crippen molar-refractivity contribution in [3.05, 3.63) is 72.1 Å². The van der Waals surface area contributed by atoms with E-state index in [1.54, 1.807) is 16.9 Å². The highest BCUT2D eigenvalue weighted by atomic mass is 32.1. The summed E-state index contributed by atoms with van der Waals surface area (Å²) in [5.74, 6) is 0.456. The van der Waals surface area contributed by atoms with Crippen molar-refractivity contribution in [2.75, 3.05) is 5.32 Å². The molecule has 0 saturated heterocycles. The van der Waals surface area contributed by atoms with Gasteiger partial charge in [0.1, 0.15) is 5.75 Å². The van der Waals surface area contributed by atoms with Gasteiger partial charge >= 0.3 is 0 Å². The van der Waals surface area contributed by atoms with Gasteiger partial charge in [-0.1, -0.05) is 35.6 Å². The van der Waals surface area contributed by atoms with E-state index in [9.17, 15) is 4.79 Å². The van der Waals surface area contributed by atoms with Crippen molar-refractivity contribution in [3.63, 3.8) is 0 Å². The molecule has 0 atom stereocenters. The Morgan fingerprint density at radius 3 is 2.88 bits per heavy atom. The van der Waals surface area contributed by atoms with Crippen LogP contribution in [0.1, 0.15) is 16.1 Å². The maximum atomic E-state index is 12.4. The van der Waals surface area contributed by atoms with E-state index in [0.29, 0.717) is 10.8 Å². The highest BCUT2D eigenvalue weighted by Gasteiger charge is 2.13. The number of nitrogens with zero attached hydrogens (tertiary/aromatic N) is 3. The fraction of sp³-hybridized carbons (Fsp3) is 0.105. The van der Waals surface area contributed by atoms with Crippen LogP contribution in [0.15, 0.2) is 60.8 Å². The number of benzene rings is 2. The molecular formula is C19H16N4O2S. The lowest BCUT2D eigenvalue weighted by Crippen LogP contribution is -2.14. The van der Waals surface area contributed by atoms with Crippen LogP contribution < -0.4 is 10.1 Å². The SMILES string of the molecule is Cc1ccc2nc(NC(=O)c3ccn(COc4ccccc4)n3)sc2c1. The summed E-state index contributed by atoms with van der Waals surface area (Å²) in [7, 11) is 0. The molecule has 4 aromatic rings. The summed E-state index contributed by atoms with van der Waals surface area (Å²) in [6.45, 7) is 2.26. The number of thiazole rings is 1. The normalized spacial score (nSPS) is 10.8. The van der Waals surface area contributed by atoms with E-state index < -0.39 is 0 Å². The average Bonchev–Trinajstić information content (AvgIpc) is 3.27. The minimum atomic E-state index is -0.292. The lowest BCUT2D eigenvalue weighted by atomic mass is 10.2. The second-order valence-electron chi connectivity index (χ2n) is 5.77. The lowest BCUT2D eigenvalue weighted by molar-refractivity contribution is 0.102. The van der Waals surface area contributed by atoms with E-state index in [1.165, 1.54) is 11.3 Å². The quantitative estimate of drug-likeness (QED) is 0.579. The van der Waals surface area contributed by atoms with E-state index >= 15 is 0 Å². The first-order valence-corrected chi connectivity index (χ1v) is 8.89. The van der Waals surface area contributed by atoms with Gasteiger partial charge in [0.15, 0.2) is 17.6 Å². The molecule has 4 rings (SSSR count). The molecule has 2 aromatic heterocycles. The van der Waals surface area contributed by atoms with Crippen LogP contribution in [0.25, 0.3) is 10.2 Å². The molecule has 0 aliphatic carbocycles. The Bertz CT molecular complexity index is 1060. The number of amides is 1. The Balaban J connectivity index is 1.42. The third kappa shape index (κ3) is 3.57. The predicted octanol–water partition coefficient (Wildman–Crippen LogP) is 4.09. The zero-order valence-corrected chi connectivity index (χ0v) is 14.9. The smallest absolute Gasteiger partial charge is 0.277 e. The zero-order chi connectivity index (χ0) is 17.9. The summed E-state index contributed by atoms with van der Waals surface area (Å²) >= 11 is 1.45. The molecule has 2 aromatic carbocycles. The minimum absolute atomic E-state index is 0.234. The molecule has 2 heterocycles. The van der Waals surface area contributed by atoms with Gasteiger partial charge in [0.2, 0.25) is 0 Å². The van der Waals surface area contributed by atoms with Crippen molar-refractivity contribution in [1.29, 1.82) is 0 Å². The average molecular weight is 364 g/mol. The van der Waals surface area contributed by atoms with Gasteiger partial charge in [-0.25, -0.2) is 9.67 Å². The van der Waals surface area contributed by atoms with Gasteiger partial charge in [0.25, 0.3) is 5.91 Å². The van der Waals surface area contributed by atoms with Crippen molar-refractivity contribution in [1.82, 2.24) is 14.8 Å². The van der Waals surface area contributed by atoms with Gasteiger partial charge in [0, 0.05) is 6.20 Å². The van der Waals surface area contributed by atoms with Crippen molar-refractivity contribution in [3.8, 4) is 5.75 Å². The molecule has 0 aliphatic rings. The van der Waals surface area contributed by atoms with Gasteiger partial charge in [-0.05, 0) is 42.8 Å². The summed E-state index contributed by atoms with van der Waals surface area (Å²) in [5, 5.41) is 7.61. The first kappa shape index (κ1) is 16.3. The Labute approximate surface area is 154 Å². The fourth-order valence-electron chi connectivity index (χ4n) is 2.46. The first-order chi connectivity index (χ1) is 12.7. The lowest BCUT2D eigenvalue weighted by Gasteiger charge is -2.05. The van der Waals surface area contributed by atoms with Gasteiger partial charge in [-0.2, -0.15) is 5.10 Å². The largest absolute Gasteiger partial charge is 0.471 e. The van der Waals surface area contributed by atoms with Crippen LogP contribution in [-0.2, 0) is 6.73 Å². The highest BCUT2D eigenvalue weighted by Crippen LogP contribution is 2.26. The van der Waals surface area contributed by atoms with Crippen LogP contribution in [0.4, 0.5) is 5.13 Å². The highest BCUT2D eigenvalue weighted by molar-refractivity contribution is 7.22. The summed E-state index contributed by atoms with van der Waals surface area (Å²) in [6.07, 6.45) is 1.71. The maximum absolute atomic E-state index is 12.4. The van der Waals surface area contributed by atoms with E-state index in [2.05, 4.69) is 21.5 Å². The van der Waals surface area contributed by atoms with E-state index in [0.717, 1.165) is 21.5 Å². The number of ether oxygens (including phenoxy) is 1. The fourth-order valence-corrected chi connectivity index (χ4v) is 3.42. The Hall–Kier alpha value is -3.19. The second kappa shape index (κ2) is 6.97. The van der Waals surface area contributed by atoms with E-state index in [4.69, 9.17) is 4.74 Å². The molecule has 0 fully saturated rings. The van der Waals surface area contributed by atoms with Crippen LogP contribution in [0.3, 0.4) is 0 Å². The number of fused-ring (bicyclic) bond motifs is 1. The molecular weight excluding hydrogens is 348 g/mol. The number of hydrogen-bond donors (Lipinski definition) is 1. The van der Waals surface area contributed by atoms with Crippen LogP contribution in [-0.4, -0.2) is 20.7 Å². The molecule has 0 aliphatic heterocycles. The van der Waals surface area contributed by atoms with Crippen molar-refractivity contribution >= 4 is 32.6 Å². The number of carbonyl (C=O) groups excluding carboxylic acids is 1. The summed E-state index contributed by atoms with van der Waals surface area (Å²) in [6, 6.07) is 17.1. The van der Waals surface area contributed by atoms with Crippen LogP contribution in [0, 0.1) is 6.92 Å². The molecule has 0 spiro atoms. The van der Waals surface area contributed by atoms with Crippen molar-refractivity contribution < 1.29 is 9.53 Å². The number of rotatable bonds is 5. The Morgan fingerprint density at radius 2 is 2.04 bits per heavy atom. The van der Waals surface area contributed by atoms with Crippen molar-refractivity contribution in [2.24, 2.45) is 0 Å². The van der Waals surface area contributed by atoms with Gasteiger partial charge in [-0.3, -0.25) is 10.1 Å². The van der Waals surface area contributed by atoms with E-state index in [1.807, 2.05) is 49.4 Å². The van der Waals surface area contributed by atoms with Crippen LogP contribution >= 0.6 is 11.3 Å². The number of aryl methyl sites for hydroxylation is 1. The van der Waals surface area contributed by atoms with Crippen LogP contribution in [0.2, 0.25) is 0 Å². The standard InChI is InChI=1S/C19H16N4O2S/c1-13-7-8-15-17(11-13)26-19(20-15)21-18(24)16-9-10-23(22-16)12-25-14-5-3-2-4-6-14/h2-11H,12H2,1H3,(H,20,21,24). The monoisotopic (exact) mass is 364 g/mol. The number of hydrogen-bond acceptors (Lipinski definition) is 5. The van der Waals surface area contributed by atoms with Crippen LogP contribution in [0.5, 0.6) is 5.75 Å². The first-order valence-electron chi connectivity index (χ1n) is 8.07. The predicted molar refractivity (Wildman–Crippen MR) is 102 cm³/mol. The molecule has 0 saturated carbocycles. The number of aromatic nitrogens is 3. The maximum Gasteiger partial charge on any atom is 0.277 e. The molecule has 7 heteroatoms. The van der Waals surface area contributed by atoms with Gasteiger partial charge < -0.3 is 4.74 Å². The summed E-state index contributed by atoms with van der Waals surface area (Å²) in [5.41, 5.74) is 2.35. The molecule has 0 unspecified atom stereocenters.